The third-order valence-corrected chi connectivity index (χ3v) is 7.37. The molecule has 0 radical (unpaired) electrons. The molecule has 0 aliphatic carbocycles. The van der Waals surface area contributed by atoms with Gasteiger partial charge in [-0.2, -0.15) is 0 Å². The minimum absolute atomic E-state index is 0.100. The van der Waals surface area contributed by atoms with Gasteiger partial charge in [0.2, 0.25) is 0 Å². The number of rotatable bonds is 6. The predicted molar refractivity (Wildman–Crippen MR) is 119 cm³/mol. The van der Waals surface area contributed by atoms with Gasteiger partial charge >= 0.3 is 6.03 Å². The van der Waals surface area contributed by atoms with E-state index in [1.165, 1.54) is 0 Å². The fourth-order valence-electron chi connectivity index (χ4n) is 3.31. The zero-order valence-electron chi connectivity index (χ0n) is 16.8. The number of amides is 2. The van der Waals surface area contributed by atoms with Gasteiger partial charge in [-0.15, -0.1) is 0 Å². The van der Waals surface area contributed by atoms with E-state index in [1.54, 1.807) is 11.9 Å². The lowest BCUT2D eigenvalue weighted by Crippen LogP contribution is -2.33. The molecule has 7 heteroatoms. The molecular weight excluding hydrogens is 408 g/mol. The second-order valence-corrected chi connectivity index (χ2v) is 9.46. The van der Waals surface area contributed by atoms with Gasteiger partial charge in [0.15, 0.2) is 0 Å². The minimum atomic E-state index is -0.935. The Bertz CT molecular complexity index is 853. The van der Waals surface area contributed by atoms with E-state index in [-0.39, 0.29) is 17.3 Å². The number of nitrogens with zero attached hydrogens (tertiary/aromatic N) is 1. The van der Waals surface area contributed by atoms with Crippen molar-refractivity contribution in [3.63, 3.8) is 0 Å². The molecule has 1 saturated heterocycles. The number of benzene rings is 2. The second-order valence-electron chi connectivity index (χ2n) is 7.31. The summed E-state index contributed by atoms with van der Waals surface area (Å²) >= 11 is 5.95. The van der Waals surface area contributed by atoms with Gasteiger partial charge in [-0.25, -0.2) is 4.79 Å². The number of ether oxygens (including phenoxy) is 1. The van der Waals surface area contributed by atoms with Crippen LogP contribution in [0.3, 0.4) is 0 Å². The summed E-state index contributed by atoms with van der Waals surface area (Å²) < 4.78 is 18.0. The molecule has 2 aromatic carbocycles. The first-order valence-electron chi connectivity index (χ1n) is 9.77. The highest BCUT2D eigenvalue weighted by molar-refractivity contribution is 7.84. The number of anilines is 1. The van der Waals surface area contributed by atoms with Crippen molar-refractivity contribution >= 4 is 34.1 Å². The van der Waals surface area contributed by atoms with Crippen molar-refractivity contribution in [1.29, 1.82) is 0 Å². The zero-order chi connectivity index (χ0) is 20.8. The van der Waals surface area contributed by atoms with Gasteiger partial charge in [0.1, 0.15) is 0 Å². The minimum Gasteiger partial charge on any atom is -0.381 e. The van der Waals surface area contributed by atoms with Crippen molar-refractivity contribution in [2.75, 3.05) is 25.6 Å². The average molecular weight is 435 g/mol. The Morgan fingerprint density at radius 1 is 1.24 bits per heavy atom. The lowest BCUT2D eigenvalue weighted by atomic mass is 10.1. The highest BCUT2D eigenvalue weighted by Gasteiger charge is 2.21. The fourth-order valence-corrected chi connectivity index (χ4v) is 4.90. The molecule has 1 fully saturated rings. The van der Waals surface area contributed by atoms with Gasteiger partial charge in [-0.1, -0.05) is 35.9 Å². The van der Waals surface area contributed by atoms with E-state index in [2.05, 4.69) is 5.32 Å². The Labute approximate surface area is 179 Å². The van der Waals surface area contributed by atoms with E-state index >= 15 is 0 Å². The lowest BCUT2D eigenvalue weighted by molar-refractivity contribution is 0.0992. The standard InChI is InChI=1S/C22H27ClN2O3S/c1-16(18-6-8-19(23)9-7-18)25(2)22(26)24-20-5-3-4-17(14-20)15-29(27)21-10-12-28-13-11-21/h3-9,14,16,21H,10-13,15H2,1-2H3,(H,24,26). The van der Waals surface area contributed by atoms with Crippen LogP contribution in [0, 0.1) is 0 Å². The second kappa shape index (κ2) is 10.2. The number of nitrogens with one attached hydrogen (secondary N) is 1. The number of hydrogen-bond acceptors (Lipinski definition) is 3. The van der Waals surface area contributed by atoms with Crippen molar-refractivity contribution in [1.82, 2.24) is 4.90 Å². The normalized spacial score (nSPS) is 16.8. The molecule has 0 bridgehead atoms. The SMILES string of the molecule is CC(c1ccc(Cl)cc1)N(C)C(=O)Nc1cccc(CS(=O)C2CCOCC2)c1. The molecule has 1 aliphatic heterocycles. The van der Waals surface area contributed by atoms with Crippen molar-refractivity contribution < 1.29 is 13.7 Å². The van der Waals surface area contributed by atoms with Gasteiger partial charge in [0.25, 0.3) is 0 Å². The molecule has 1 heterocycles. The topological polar surface area (TPSA) is 58.6 Å². The Balaban J connectivity index is 1.60. The average Bonchev–Trinajstić information content (AvgIpc) is 2.74. The zero-order valence-corrected chi connectivity index (χ0v) is 18.3. The van der Waals surface area contributed by atoms with Crippen LogP contribution < -0.4 is 5.32 Å². The molecular formula is C22H27ClN2O3S. The summed E-state index contributed by atoms with van der Waals surface area (Å²) in [6.45, 7) is 3.34. The molecule has 29 heavy (non-hydrogen) atoms. The van der Waals surface area contributed by atoms with Crippen molar-refractivity contribution in [2.45, 2.75) is 36.8 Å². The van der Waals surface area contributed by atoms with Crippen LogP contribution in [0.2, 0.25) is 5.02 Å². The van der Waals surface area contributed by atoms with Crippen LogP contribution in [0.25, 0.3) is 0 Å². The summed E-state index contributed by atoms with van der Waals surface area (Å²) in [5.74, 6) is 0.491. The first-order chi connectivity index (χ1) is 13.9. The monoisotopic (exact) mass is 434 g/mol. The van der Waals surface area contributed by atoms with Crippen molar-refractivity contribution in [3.05, 3.63) is 64.7 Å². The molecule has 3 rings (SSSR count). The summed E-state index contributed by atoms with van der Waals surface area (Å²) in [7, 11) is 0.827. The number of hydrogen-bond donors (Lipinski definition) is 1. The quantitative estimate of drug-likeness (QED) is 0.696. The molecule has 2 aromatic rings. The van der Waals surface area contributed by atoms with Crippen LogP contribution >= 0.6 is 11.6 Å². The van der Waals surface area contributed by atoms with E-state index in [0.29, 0.717) is 29.7 Å². The lowest BCUT2D eigenvalue weighted by Gasteiger charge is -2.26. The van der Waals surface area contributed by atoms with Crippen LogP contribution in [0.15, 0.2) is 48.5 Å². The highest BCUT2D eigenvalue weighted by atomic mass is 35.5. The summed E-state index contributed by atoms with van der Waals surface area (Å²) in [6.07, 6.45) is 1.69. The smallest absolute Gasteiger partial charge is 0.322 e. The van der Waals surface area contributed by atoms with Gasteiger partial charge in [0, 0.05) is 52.8 Å². The molecule has 2 amide bonds. The molecule has 0 saturated carbocycles. The van der Waals surface area contributed by atoms with Gasteiger partial charge < -0.3 is 15.0 Å². The van der Waals surface area contributed by atoms with E-state index in [0.717, 1.165) is 24.0 Å². The third-order valence-electron chi connectivity index (χ3n) is 5.28. The first-order valence-corrected chi connectivity index (χ1v) is 11.5. The predicted octanol–water partition coefficient (Wildman–Crippen LogP) is 4.99. The molecule has 156 valence electrons. The largest absolute Gasteiger partial charge is 0.381 e. The Hall–Kier alpha value is -1.89. The van der Waals surface area contributed by atoms with Crippen molar-refractivity contribution in [3.8, 4) is 0 Å². The molecule has 1 aliphatic rings. The molecule has 2 atom stereocenters. The first kappa shape index (κ1) is 21.8. The molecule has 1 N–H and O–H groups in total. The van der Waals surface area contributed by atoms with Crippen molar-refractivity contribution in [2.24, 2.45) is 0 Å². The van der Waals surface area contributed by atoms with Crippen LogP contribution in [0.1, 0.15) is 36.9 Å². The summed E-state index contributed by atoms with van der Waals surface area (Å²) in [4.78, 5) is 14.3. The van der Waals surface area contributed by atoms with E-state index in [1.807, 2.05) is 55.5 Å². The van der Waals surface area contributed by atoms with Gasteiger partial charge in [-0.3, -0.25) is 4.21 Å². The highest BCUT2D eigenvalue weighted by Crippen LogP contribution is 2.23. The summed E-state index contributed by atoms with van der Waals surface area (Å²) in [5.41, 5.74) is 2.67. The number of urea groups is 1. The third kappa shape index (κ3) is 6.04. The van der Waals surface area contributed by atoms with E-state index < -0.39 is 10.8 Å². The molecule has 0 spiro atoms. The fraction of sp³-hybridized carbons (Fsp3) is 0.409. The van der Waals surface area contributed by atoms with Crippen LogP contribution in [-0.4, -0.2) is 40.7 Å². The van der Waals surface area contributed by atoms with Crippen LogP contribution in [0.5, 0.6) is 0 Å². The summed E-state index contributed by atoms with van der Waals surface area (Å²) in [5, 5.41) is 3.80. The molecule has 0 aromatic heterocycles. The van der Waals surface area contributed by atoms with E-state index in [4.69, 9.17) is 16.3 Å². The Morgan fingerprint density at radius 3 is 2.62 bits per heavy atom. The van der Waals surface area contributed by atoms with Crippen LogP contribution in [-0.2, 0) is 21.3 Å². The number of carbonyl (C=O) groups excluding carboxylic acids is 1. The Kier molecular flexibility index (Phi) is 7.70. The maximum absolute atomic E-state index is 12.7. The molecule has 2 unspecified atom stereocenters. The number of halogens is 1. The maximum atomic E-state index is 12.7. The van der Waals surface area contributed by atoms with Crippen LogP contribution in [0.4, 0.5) is 10.5 Å². The summed E-state index contributed by atoms with van der Waals surface area (Å²) in [6, 6.07) is 14.8. The molecule has 5 nitrogen and oxygen atoms in total. The van der Waals surface area contributed by atoms with Gasteiger partial charge in [0.05, 0.1) is 6.04 Å². The maximum Gasteiger partial charge on any atom is 0.322 e. The Morgan fingerprint density at radius 2 is 1.93 bits per heavy atom. The van der Waals surface area contributed by atoms with Gasteiger partial charge in [-0.05, 0) is 55.2 Å². The number of carbonyl (C=O) groups is 1. The van der Waals surface area contributed by atoms with E-state index in [9.17, 15) is 9.00 Å².